The molecule has 1 heterocycles. The van der Waals surface area contributed by atoms with Gasteiger partial charge in [-0.3, -0.25) is 9.79 Å². The van der Waals surface area contributed by atoms with Gasteiger partial charge in [0.05, 0.1) is 17.3 Å². The van der Waals surface area contributed by atoms with E-state index in [1.165, 1.54) is 30.0 Å². The highest BCUT2D eigenvalue weighted by Gasteiger charge is 2.10. The second kappa shape index (κ2) is 6.06. The average Bonchev–Trinajstić information content (AvgIpc) is 2.84. The van der Waals surface area contributed by atoms with Gasteiger partial charge in [0.1, 0.15) is 5.82 Å². The standard InChI is InChI=1S/C11H11ClFN3OS/c12-8-5-7(1-2-9(8)13)16-10(17)6-18-11-14-3-4-15-11/h1-2,5H,3-4,6H2,(H,14,15)(H,16,17). The molecule has 18 heavy (non-hydrogen) atoms. The van der Waals surface area contributed by atoms with E-state index in [0.29, 0.717) is 5.69 Å². The van der Waals surface area contributed by atoms with E-state index in [1.807, 2.05) is 0 Å². The van der Waals surface area contributed by atoms with Crippen LogP contribution in [0.4, 0.5) is 10.1 Å². The van der Waals surface area contributed by atoms with E-state index in [9.17, 15) is 9.18 Å². The average molecular weight is 288 g/mol. The Bertz CT molecular complexity index is 495. The van der Waals surface area contributed by atoms with Crippen molar-refractivity contribution in [1.82, 2.24) is 5.32 Å². The summed E-state index contributed by atoms with van der Waals surface area (Å²) < 4.78 is 12.9. The first-order valence-electron chi connectivity index (χ1n) is 5.31. The smallest absolute Gasteiger partial charge is 0.234 e. The molecule has 0 aromatic heterocycles. The number of rotatable bonds is 3. The Morgan fingerprint density at radius 3 is 3.11 bits per heavy atom. The molecule has 2 rings (SSSR count). The van der Waals surface area contributed by atoms with Crippen LogP contribution in [0.2, 0.25) is 5.02 Å². The van der Waals surface area contributed by atoms with Gasteiger partial charge in [-0.15, -0.1) is 0 Å². The van der Waals surface area contributed by atoms with Crippen molar-refractivity contribution in [1.29, 1.82) is 0 Å². The first kappa shape index (κ1) is 13.2. The number of nitrogens with zero attached hydrogens (tertiary/aromatic N) is 1. The van der Waals surface area contributed by atoms with Gasteiger partial charge in [-0.1, -0.05) is 23.4 Å². The zero-order valence-corrected chi connectivity index (χ0v) is 10.9. The van der Waals surface area contributed by atoms with Gasteiger partial charge in [-0.2, -0.15) is 0 Å². The van der Waals surface area contributed by atoms with E-state index in [-0.39, 0.29) is 16.7 Å². The molecule has 7 heteroatoms. The van der Waals surface area contributed by atoms with Crippen molar-refractivity contribution in [2.24, 2.45) is 4.99 Å². The highest BCUT2D eigenvalue weighted by molar-refractivity contribution is 8.14. The van der Waals surface area contributed by atoms with Crippen LogP contribution in [-0.2, 0) is 4.79 Å². The molecule has 96 valence electrons. The minimum absolute atomic E-state index is 0.0118. The summed E-state index contributed by atoms with van der Waals surface area (Å²) in [6.45, 7) is 1.56. The van der Waals surface area contributed by atoms with E-state index >= 15 is 0 Å². The zero-order chi connectivity index (χ0) is 13.0. The van der Waals surface area contributed by atoms with Gasteiger partial charge in [-0.25, -0.2) is 4.39 Å². The number of carbonyl (C=O) groups is 1. The van der Waals surface area contributed by atoms with E-state index in [2.05, 4.69) is 15.6 Å². The Kier molecular flexibility index (Phi) is 4.43. The highest BCUT2D eigenvalue weighted by Crippen LogP contribution is 2.19. The van der Waals surface area contributed by atoms with Gasteiger partial charge >= 0.3 is 0 Å². The van der Waals surface area contributed by atoms with Crippen molar-refractivity contribution >= 4 is 40.1 Å². The van der Waals surface area contributed by atoms with Crippen molar-refractivity contribution in [3.05, 3.63) is 29.0 Å². The predicted octanol–water partition coefficient (Wildman–Crippen LogP) is 2.11. The normalized spacial score (nSPS) is 14.0. The van der Waals surface area contributed by atoms with Crippen molar-refractivity contribution < 1.29 is 9.18 Å². The zero-order valence-electron chi connectivity index (χ0n) is 9.37. The first-order valence-corrected chi connectivity index (χ1v) is 6.67. The summed E-state index contributed by atoms with van der Waals surface area (Å²) in [5, 5.41) is 6.46. The number of hydrogen-bond donors (Lipinski definition) is 2. The molecule has 0 fully saturated rings. The number of carbonyl (C=O) groups excluding carboxylic acids is 1. The number of nitrogens with one attached hydrogen (secondary N) is 2. The lowest BCUT2D eigenvalue weighted by molar-refractivity contribution is -0.113. The molecule has 1 aromatic carbocycles. The van der Waals surface area contributed by atoms with Crippen LogP contribution in [0.25, 0.3) is 0 Å². The monoisotopic (exact) mass is 287 g/mol. The van der Waals surface area contributed by atoms with E-state index in [0.717, 1.165) is 18.3 Å². The summed E-state index contributed by atoms with van der Waals surface area (Å²) in [4.78, 5) is 15.8. The van der Waals surface area contributed by atoms with Crippen molar-refractivity contribution in [2.75, 3.05) is 24.2 Å². The highest BCUT2D eigenvalue weighted by atomic mass is 35.5. The molecule has 0 bridgehead atoms. The van der Waals surface area contributed by atoms with Crippen LogP contribution < -0.4 is 10.6 Å². The third-order valence-corrected chi connectivity index (χ3v) is 3.43. The molecule has 0 atom stereocenters. The van der Waals surface area contributed by atoms with Crippen LogP contribution in [0.3, 0.4) is 0 Å². The lowest BCUT2D eigenvalue weighted by Crippen LogP contribution is -2.20. The van der Waals surface area contributed by atoms with Crippen molar-refractivity contribution in [3.8, 4) is 0 Å². The molecule has 0 saturated heterocycles. The lowest BCUT2D eigenvalue weighted by atomic mass is 10.3. The molecular formula is C11H11ClFN3OS. The summed E-state index contributed by atoms with van der Waals surface area (Å²) in [7, 11) is 0. The largest absolute Gasteiger partial charge is 0.363 e. The predicted molar refractivity (Wildman–Crippen MR) is 72.8 cm³/mol. The SMILES string of the molecule is O=C(CSC1=NCCN1)Nc1ccc(F)c(Cl)c1. The molecule has 0 aliphatic carbocycles. The van der Waals surface area contributed by atoms with Crippen LogP contribution in [0.1, 0.15) is 0 Å². The van der Waals surface area contributed by atoms with Crippen LogP contribution in [0.5, 0.6) is 0 Å². The van der Waals surface area contributed by atoms with E-state index in [1.54, 1.807) is 0 Å². The number of amides is 1. The molecule has 0 saturated carbocycles. The molecule has 2 N–H and O–H groups in total. The Balaban J connectivity index is 1.84. The number of anilines is 1. The Morgan fingerprint density at radius 2 is 2.44 bits per heavy atom. The number of amidine groups is 1. The van der Waals surface area contributed by atoms with Gasteiger partial charge in [-0.05, 0) is 18.2 Å². The number of aliphatic imine (C=N–C) groups is 1. The van der Waals surface area contributed by atoms with Gasteiger partial charge in [0.25, 0.3) is 0 Å². The van der Waals surface area contributed by atoms with Crippen LogP contribution in [0.15, 0.2) is 23.2 Å². The third kappa shape index (κ3) is 3.61. The Hall–Kier alpha value is -1.27. The maximum absolute atomic E-state index is 12.9. The molecule has 0 spiro atoms. The van der Waals surface area contributed by atoms with E-state index < -0.39 is 5.82 Å². The minimum Gasteiger partial charge on any atom is -0.363 e. The first-order chi connectivity index (χ1) is 8.65. The number of halogens is 2. The summed E-state index contributed by atoms with van der Waals surface area (Å²) >= 11 is 6.96. The Morgan fingerprint density at radius 1 is 1.61 bits per heavy atom. The number of thioether (sulfide) groups is 1. The quantitative estimate of drug-likeness (QED) is 0.895. The minimum atomic E-state index is -0.506. The van der Waals surface area contributed by atoms with Gasteiger partial charge in [0.15, 0.2) is 5.17 Å². The van der Waals surface area contributed by atoms with Crippen molar-refractivity contribution in [2.45, 2.75) is 0 Å². The molecule has 1 amide bonds. The van der Waals surface area contributed by atoms with Crippen LogP contribution >= 0.6 is 23.4 Å². The van der Waals surface area contributed by atoms with Crippen LogP contribution in [0, 0.1) is 5.82 Å². The topological polar surface area (TPSA) is 53.5 Å². The second-order valence-electron chi connectivity index (χ2n) is 3.58. The van der Waals surface area contributed by atoms with E-state index in [4.69, 9.17) is 11.6 Å². The third-order valence-electron chi connectivity index (χ3n) is 2.19. The molecule has 1 aliphatic heterocycles. The maximum Gasteiger partial charge on any atom is 0.234 e. The maximum atomic E-state index is 12.9. The lowest BCUT2D eigenvalue weighted by Gasteiger charge is -2.06. The molecule has 0 unspecified atom stereocenters. The molecular weight excluding hydrogens is 277 g/mol. The van der Waals surface area contributed by atoms with Gasteiger partial charge < -0.3 is 10.6 Å². The fraction of sp³-hybridized carbons (Fsp3) is 0.273. The summed E-state index contributed by atoms with van der Waals surface area (Å²) in [6, 6.07) is 4.06. The summed E-state index contributed by atoms with van der Waals surface area (Å²) in [5.74, 6) is -0.437. The van der Waals surface area contributed by atoms with Crippen LogP contribution in [-0.4, -0.2) is 29.9 Å². The molecule has 1 aromatic rings. The molecule has 1 aliphatic rings. The van der Waals surface area contributed by atoms with Gasteiger partial charge in [0.2, 0.25) is 5.91 Å². The summed E-state index contributed by atoms with van der Waals surface area (Å²) in [6.07, 6.45) is 0. The fourth-order valence-electron chi connectivity index (χ4n) is 1.38. The summed E-state index contributed by atoms with van der Waals surface area (Å²) in [5.41, 5.74) is 0.480. The number of benzene rings is 1. The van der Waals surface area contributed by atoms with Gasteiger partial charge in [0, 0.05) is 12.2 Å². The fourth-order valence-corrected chi connectivity index (χ4v) is 2.28. The molecule has 0 radical (unpaired) electrons. The van der Waals surface area contributed by atoms with Crippen molar-refractivity contribution in [3.63, 3.8) is 0 Å². The number of hydrogen-bond acceptors (Lipinski definition) is 4. The Labute approximate surface area is 113 Å². The second-order valence-corrected chi connectivity index (χ2v) is 4.95. The molecule has 4 nitrogen and oxygen atoms in total.